The van der Waals surface area contributed by atoms with Gasteiger partial charge in [-0.05, 0) is 245 Å². The summed E-state index contributed by atoms with van der Waals surface area (Å²) in [6.45, 7) is 9.38. The summed E-state index contributed by atoms with van der Waals surface area (Å²) < 4.78 is 13.4. The summed E-state index contributed by atoms with van der Waals surface area (Å²) in [6.07, 6.45) is 0. The Hall–Kier alpha value is -14.8. The van der Waals surface area contributed by atoms with Gasteiger partial charge < -0.3 is 18.6 Å². The Labute approximate surface area is 684 Å². The van der Waals surface area contributed by atoms with Crippen molar-refractivity contribution in [1.29, 1.82) is 0 Å². The maximum absolute atomic E-state index is 6.69. The number of rotatable bonds is 10. The van der Waals surface area contributed by atoms with Crippen LogP contribution in [0.15, 0.2) is 409 Å². The van der Waals surface area contributed by atoms with Crippen LogP contribution in [0.5, 0.6) is 0 Å². The van der Waals surface area contributed by atoms with Crippen LogP contribution in [0, 0.1) is 0 Å². The van der Waals surface area contributed by atoms with Crippen molar-refractivity contribution in [2.45, 2.75) is 38.5 Å². The van der Waals surface area contributed by atoms with Crippen LogP contribution < -0.4 is 9.80 Å². The molecular formula is C114H78N2O2. The lowest BCUT2D eigenvalue weighted by Gasteiger charge is -2.28. The Morgan fingerprint density at radius 3 is 0.915 bits per heavy atom. The molecular weight excluding hydrogens is 1430 g/mol. The van der Waals surface area contributed by atoms with Gasteiger partial charge in [0.15, 0.2) is 11.2 Å². The first-order chi connectivity index (χ1) is 58.0. The second kappa shape index (κ2) is 26.9. The predicted octanol–water partition coefficient (Wildman–Crippen LogP) is 32.3. The zero-order chi connectivity index (χ0) is 78.5. The van der Waals surface area contributed by atoms with E-state index in [4.69, 9.17) is 8.83 Å². The van der Waals surface area contributed by atoms with Crippen molar-refractivity contribution in [3.63, 3.8) is 0 Å². The Balaban J connectivity index is 0.000000138. The average molecular weight is 1510 g/mol. The monoisotopic (exact) mass is 1510 g/mol. The second-order valence-electron chi connectivity index (χ2n) is 32.9. The third-order valence-electron chi connectivity index (χ3n) is 25.7. The van der Waals surface area contributed by atoms with E-state index in [9.17, 15) is 0 Å². The highest BCUT2D eigenvalue weighted by Gasteiger charge is 2.38. The van der Waals surface area contributed by atoms with Gasteiger partial charge in [0, 0.05) is 55.1 Å². The van der Waals surface area contributed by atoms with Crippen molar-refractivity contribution in [3.8, 4) is 66.8 Å². The van der Waals surface area contributed by atoms with Crippen LogP contribution in [0.3, 0.4) is 0 Å². The molecule has 0 fully saturated rings. The second-order valence-corrected chi connectivity index (χ2v) is 32.9. The minimum atomic E-state index is -0.130. The molecule has 4 heteroatoms. The fourth-order valence-electron chi connectivity index (χ4n) is 19.9. The van der Waals surface area contributed by atoms with E-state index in [1.807, 2.05) is 12.1 Å². The molecule has 0 N–H and O–H groups in total. The molecule has 0 bridgehead atoms. The topological polar surface area (TPSA) is 32.8 Å². The number of hydrogen-bond acceptors (Lipinski definition) is 4. The lowest BCUT2D eigenvalue weighted by Crippen LogP contribution is -2.16. The summed E-state index contributed by atoms with van der Waals surface area (Å²) in [5.74, 6) is 0. The molecule has 4 nitrogen and oxygen atoms in total. The van der Waals surface area contributed by atoms with E-state index in [0.717, 1.165) is 83.6 Å². The van der Waals surface area contributed by atoms with Crippen LogP contribution >= 0.6 is 0 Å². The van der Waals surface area contributed by atoms with Gasteiger partial charge in [0.2, 0.25) is 0 Å². The fourth-order valence-corrected chi connectivity index (χ4v) is 19.9. The summed E-state index contributed by atoms with van der Waals surface area (Å²) in [4.78, 5) is 4.75. The number of hydrogen-bond donors (Lipinski definition) is 0. The third kappa shape index (κ3) is 10.9. The van der Waals surface area contributed by atoms with Gasteiger partial charge in [-0.1, -0.05) is 337 Å². The molecule has 0 spiro atoms. The molecule has 0 radical (unpaired) electrons. The van der Waals surface area contributed by atoms with Gasteiger partial charge >= 0.3 is 0 Å². The lowest BCUT2D eigenvalue weighted by molar-refractivity contribution is 0.660. The third-order valence-corrected chi connectivity index (χ3v) is 25.7. The van der Waals surface area contributed by atoms with Crippen LogP contribution in [0.4, 0.5) is 34.1 Å². The number of fused-ring (bicyclic) bond motifs is 24. The Morgan fingerprint density at radius 2 is 0.466 bits per heavy atom. The quantitative estimate of drug-likeness (QED) is 0.128. The van der Waals surface area contributed by atoms with Crippen molar-refractivity contribution in [2.24, 2.45) is 0 Å². The molecule has 2 heterocycles. The van der Waals surface area contributed by atoms with Crippen molar-refractivity contribution >= 4 is 143 Å². The van der Waals surface area contributed by atoms with E-state index in [1.54, 1.807) is 0 Å². The number of para-hydroxylation sites is 4. The SMILES string of the molecule is CC1(C)c2ccccc2-c2ccc(N(c3ccc(-c4cccc(-c5ccc6c7ccccc7c7ccccc7c6c5)c4)cc3)c3cccc4c3oc3ccccc34)cc21.CC1(C)c2ccccc2-c2ccc(N(c3cccc(-c4ccc(-c5ccc6c7ccccc7c7ccccc7c6c5)cc4)c3)c3cccc4c3oc3ccccc34)cc21. The molecule has 0 unspecified atom stereocenters. The molecule has 24 rings (SSSR count). The highest BCUT2D eigenvalue weighted by molar-refractivity contribution is 6.27. The summed E-state index contributed by atoms with van der Waals surface area (Å²) in [5, 5.41) is 20.0. The van der Waals surface area contributed by atoms with E-state index >= 15 is 0 Å². The van der Waals surface area contributed by atoms with E-state index in [2.05, 4.69) is 426 Å². The van der Waals surface area contributed by atoms with Crippen LogP contribution in [0.2, 0.25) is 0 Å². The van der Waals surface area contributed by atoms with E-state index in [0.29, 0.717) is 0 Å². The van der Waals surface area contributed by atoms with E-state index in [1.165, 1.54) is 148 Å². The van der Waals surface area contributed by atoms with Crippen molar-refractivity contribution in [1.82, 2.24) is 0 Å². The first-order valence-electron chi connectivity index (χ1n) is 41.0. The smallest absolute Gasteiger partial charge is 0.159 e. The normalized spacial score (nSPS) is 13.1. The van der Waals surface area contributed by atoms with Crippen LogP contribution in [0.25, 0.3) is 175 Å². The van der Waals surface area contributed by atoms with Crippen molar-refractivity contribution in [3.05, 3.63) is 423 Å². The Morgan fingerprint density at radius 1 is 0.178 bits per heavy atom. The molecule has 0 saturated heterocycles. The minimum Gasteiger partial charge on any atom is -0.454 e. The Kier molecular flexibility index (Phi) is 15.7. The fraction of sp³-hybridized carbons (Fsp3) is 0.0526. The lowest BCUT2D eigenvalue weighted by atomic mass is 9.82. The van der Waals surface area contributed by atoms with Gasteiger partial charge in [-0.15, -0.1) is 0 Å². The van der Waals surface area contributed by atoms with Crippen molar-refractivity contribution in [2.75, 3.05) is 9.80 Å². The van der Waals surface area contributed by atoms with E-state index < -0.39 is 0 Å². The molecule has 2 aromatic heterocycles. The first kappa shape index (κ1) is 68.7. The van der Waals surface area contributed by atoms with Crippen molar-refractivity contribution < 1.29 is 8.83 Å². The summed E-state index contributed by atoms with van der Waals surface area (Å²) in [7, 11) is 0. The van der Waals surface area contributed by atoms with E-state index in [-0.39, 0.29) is 10.8 Å². The van der Waals surface area contributed by atoms with Crippen LogP contribution in [0.1, 0.15) is 49.9 Å². The predicted molar refractivity (Wildman–Crippen MR) is 499 cm³/mol. The molecule has 0 aliphatic heterocycles. The van der Waals surface area contributed by atoms with Gasteiger partial charge in [0.1, 0.15) is 11.2 Å². The number of furan rings is 2. The van der Waals surface area contributed by atoms with Crippen LogP contribution in [-0.2, 0) is 10.8 Å². The molecule has 2 aliphatic carbocycles. The maximum Gasteiger partial charge on any atom is 0.159 e. The minimum absolute atomic E-state index is 0.125. The standard InChI is InChI=1S/2C57H39NO/c1-57(2)52-22-9-7-19-47(52)48-32-30-41(35-53(48)57)58(54-23-12-21-50-49-20-8-10-24-55(49)59-56(50)54)40-28-25-36(26-29-40)37-13-11-14-38(33-37)39-27-31-46-44-17-4-3-15-42(44)43-16-5-6-18-45(43)51(46)34-39;1-57(2)52-22-9-7-19-47(52)48-32-30-41(35-53(48)57)58(54-23-12-21-50-49-20-8-10-24-55(49)59-56(50)54)40-14-11-13-38(33-40)36-25-27-37(28-26-36)39-29-31-46-44-17-4-3-15-42(44)43-16-5-6-18-45(43)51(46)34-39/h2*3-35H,1-2H3. The molecule has 20 aromatic carbocycles. The summed E-state index contributed by atoms with van der Waals surface area (Å²) in [5.41, 5.74) is 29.8. The summed E-state index contributed by atoms with van der Waals surface area (Å²) in [6, 6.07) is 146. The van der Waals surface area contributed by atoms with Crippen LogP contribution in [-0.4, -0.2) is 0 Å². The zero-order valence-corrected chi connectivity index (χ0v) is 65.8. The van der Waals surface area contributed by atoms with Gasteiger partial charge in [0.25, 0.3) is 0 Å². The zero-order valence-electron chi connectivity index (χ0n) is 65.8. The van der Waals surface area contributed by atoms with Gasteiger partial charge in [0.05, 0.1) is 11.4 Å². The molecule has 118 heavy (non-hydrogen) atoms. The molecule has 0 atom stereocenters. The molecule has 0 amide bonds. The summed E-state index contributed by atoms with van der Waals surface area (Å²) >= 11 is 0. The Bertz CT molecular complexity index is 7820. The van der Waals surface area contributed by atoms with Gasteiger partial charge in [-0.2, -0.15) is 0 Å². The number of anilines is 6. The molecule has 22 aromatic rings. The maximum atomic E-state index is 6.69. The number of benzene rings is 20. The highest BCUT2D eigenvalue weighted by Crippen LogP contribution is 2.55. The van der Waals surface area contributed by atoms with Gasteiger partial charge in [-0.25, -0.2) is 0 Å². The molecule has 2 aliphatic rings. The van der Waals surface area contributed by atoms with Gasteiger partial charge in [-0.3, -0.25) is 0 Å². The largest absolute Gasteiger partial charge is 0.454 e. The molecule has 0 saturated carbocycles. The number of nitrogens with zero attached hydrogens (tertiary/aromatic N) is 2. The average Bonchev–Trinajstić information content (AvgIpc) is 0.876. The highest BCUT2D eigenvalue weighted by atomic mass is 16.3. The first-order valence-corrected chi connectivity index (χ1v) is 41.0. The molecule has 556 valence electrons.